The number of piperidine rings is 1. The molecule has 17 heavy (non-hydrogen) atoms. The third kappa shape index (κ3) is 3.39. The molecule has 1 atom stereocenters. The van der Waals surface area contributed by atoms with Gasteiger partial charge >= 0.3 is 0 Å². The highest BCUT2D eigenvalue weighted by molar-refractivity contribution is 8.00. The highest BCUT2D eigenvalue weighted by Gasteiger charge is 2.36. The van der Waals surface area contributed by atoms with Gasteiger partial charge in [0, 0.05) is 17.3 Å². The van der Waals surface area contributed by atoms with Crippen LogP contribution < -0.4 is 5.32 Å². The van der Waals surface area contributed by atoms with E-state index in [1.807, 2.05) is 0 Å². The maximum Gasteiger partial charge on any atom is 0.0281 e. The minimum atomic E-state index is 0.583. The maximum atomic E-state index is 3.82. The van der Waals surface area contributed by atoms with Crippen molar-refractivity contribution in [3.8, 4) is 0 Å². The molecule has 2 nitrogen and oxygen atoms in total. The Morgan fingerprint density at radius 1 is 1.35 bits per heavy atom. The molecule has 0 aromatic rings. The largest absolute Gasteiger partial charge is 0.313 e. The molecule has 100 valence electrons. The Balaban J connectivity index is 1.71. The van der Waals surface area contributed by atoms with E-state index >= 15 is 0 Å². The molecule has 0 aromatic heterocycles. The molecule has 1 aliphatic carbocycles. The molecule has 1 saturated heterocycles. The fourth-order valence-corrected chi connectivity index (χ4v) is 3.99. The first kappa shape index (κ1) is 13.7. The number of hydrogen-bond acceptors (Lipinski definition) is 3. The molecule has 2 aliphatic rings. The van der Waals surface area contributed by atoms with E-state index in [2.05, 4.69) is 42.2 Å². The summed E-state index contributed by atoms with van der Waals surface area (Å²) in [5, 5.41) is 3.82. The van der Waals surface area contributed by atoms with Crippen LogP contribution in [0.4, 0.5) is 0 Å². The van der Waals surface area contributed by atoms with Crippen molar-refractivity contribution in [1.82, 2.24) is 10.2 Å². The molecule has 0 aromatic carbocycles. The van der Waals surface area contributed by atoms with E-state index < -0.39 is 0 Å². The van der Waals surface area contributed by atoms with Crippen LogP contribution in [-0.2, 0) is 0 Å². The van der Waals surface area contributed by atoms with Crippen LogP contribution in [0.3, 0.4) is 0 Å². The van der Waals surface area contributed by atoms with Gasteiger partial charge in [-0.2, -0.15) is 11.8 Å². The zero-order valence-electron chi connectivity index (χ0n) is 11.7. The zero-order valence-corrected chi connectivity index (χ0v) is 12.5. The summed E-state index contributed by atoms with van der Waals surface area (Å²) >= 11 is 2.08. The molecule has 2 fully saturated rings. The van der Waals surface area contributed by atoms with Crippen LogP contribution in [0.5, 0.6) is 0 Å². The number of rotatable bonds is 5. The van der Waals surface area contributed by atoms with Crippen molar-refractivity contribution in [2.75, 3.05) is 32.9 Å². The van der Waals surface area contributed by atoms with Crippen molar-refractivity contribution in [1.29, 1.82) is 0 Å². The SMILES string of the molecule is CSC1(CNC(C)C2CCN(C)CC2)CCC1. The molecule has 1 aliphatic heterocycles. The number of thioether (sulfide) groups is 1. The first-order valence-corrected chi connectivity index (χ1v) is 8.35. The Labute approximate surface area is 111 Å². The molecule has 0 spiro atoms. The van der Waals surface area contributed by atoms with Gasteiger partial charge in [0.25, 0.3) is 0 Å². The summed E-state index contributed by atoms with van der Waals surface area (Å²) in [7, 11) is 2.24. The lowest BCUT2D eigenvalue weighted by atomic mass is 9.83. The van der Waals surface area contributed by atoms with Crippen LogP contribution in [0, 0.1) is 5.92 Å². The van der Waals surface area contributed by atoms with Gasteiger partial charge in [-0.25, -0.2) is 0 Å². The van der Waals surface area contributed by atoms with E-state index in [4.69, 9.17) is 0 Å². The van der Waals surface area contributed by atoms with Gasteiger partial charge in [0.1, 0.15) is 0 Å². The Hall–Kier alpha value is 0.270. The lowest BCUT2D eigenvalue weighted by molar-refractivity contribution is 0.185. The van der Waals surface area contributed by atoms with Crippen LogP contribution in [0.2, 0.25) is 0 Å². The molecule has 0 amide bonds. The molecule has 1 unspecified atom stereocenters. The Bertz CT molecular complexity index is 227. The fourth-order valence-electron chi connectivity index (χ4n) is 3.07. The Morgan fingerprint density at radius 3 is 2.47 bits per heavy atom. The second-order valence-electron chi connectivity index (χ2n) is 6.05. The molecule has 0 radical (unpaired) electrons. The summed E-state index contributed by atoms with van der Waals surface area (Å²) in [4.78, 5) is 2.46. The monoisotopic (exact) mass is 256 g/mol. The third-order valence-corrected chi connectivity index (χ3v) is 6.33. The van der Waals surface area contributed by atoms with Gasteiger partial charge in [-0.15, -0.1) is 0 Å². The topological polar surface area (TPSA) is 15.3 Å². The number of nitrogens with zero attached hydrogens (tertiary/aromatic N) is 1. The first-order chi connectivity index (χ1) is 8.15. The van der Waals surface area contributed by atoms with E-state index in [0.717, 1.165) is 5.92 Å². The average Bonchev–Trinajstić information content (AvgIpc) is 2.29. The standard InChI is InChI=1S/C14H28N2S/c1-12(13-5-9-16(2)10-6-13)15-11-14(17-3)7-4-8-14/h12-13,15H,4-11H2,1-3H3. The van der Waals surface area contributed by atoms with E-state index in [-0.39, 0.29) is 0 Å². The van der Waals surface area contributed by atoms with Crippen molar-refractivity contribution in [2.24, 2.45) is 5.92 Å². The predicted molar refractivity (Wildman–Crippen MR) is 77.8 cm³/mol. The van der Waals surface area contributed by atoms with Crippen LogP contribution in [0.1, 0.15) is 39.0 Å². The highest BCUT2D eigenvalue weighted by atomic mass is 32.2. The molecule has 0 bridgehead atoms. The van der Waals surface area contributed by atoms with Gasteiger partial charge in [0.05, 0.1) is 0 Å². The Kier molecular flexibility index (Phi) is 4.79. The fraction of sp³-hybridized carbons (Fsp3) is 1.00. The summed E-state index contributed by atoms with van der Waals surface area (Å²) in [5.41, 5.74) is 0. The summed E-state index contributed by atoms with van der Waals surface area (Å²) < 4.78 is 0.583. The van der Waals surface area contributed by atoms with Gasteiger partial charge in [-0.3, -0.25) is 0 Å². The van der Waals surface area contributed by atoms with E-state index in [0.29, 0.717) is 10.8 Å². The van der Waals surface area contributed by atoms with Crippen molar-refractivity contribution >= 4 is 11.8 Å². The van der Waals surface area contributed by atoms with Crippen molar-refractivity contribution < 1.29 is 0 Å². The van der Waals surface area contributed by atoms with Crippen LogP contribution in [0.25, 0.3) is 0 Å². The van der Waals surface area contributed by atoms with Gasteiger partial charge < -0.3 is 10.2 Å². The van der Waals surface area contributed by atoms with Gasteiger partial charge in [0.15, 0.2) is 0 Å². The van der Waals surface area contributed by atoms with Crippen molar-refractivity contribution in [2.45, 2.75) is 49.8 Å². The summed E-state index contributed by atoms with van der Waals surface area (Å²) in [5.74, 6) is 0.894. The normalized spacial score (nSPS) is 27.7. The first-order valence-electron chi connectivity index (χ1n) is 7.12. The minimum absolute atomic E-state index is 0.583. The molecule has 1 N–H and O–H groups in total. The summed E-state index contributed by atoms with van der Waals surface area (Å²) in [6.45, 7) is 6.18. The zero-order chi connectivity index (χ0) is 12.3. The van der Waals surface area contributed by atoms with E-state index in [1.54, 1.807) is 0 Å². The molecular weight excluding hydrogens is 228 g/mol. The maximum absolute atomic E-state index is 3.82. The average molecular weight is 256 g/mol. The van der Waals surface area contributed by atoms with Gasteiger partial charge in [-0.05, 0) is 64.9 Å². The molecule has 1 heterocycles. The molecule has 3 heteroatoms. The van der Waals surface area contributed by atoms with E-state index in [9.17, 15) is 0 Å². The predicted octanol–water partition coefficient (Wildman–Crippen LogP) is 2.59. The van der Waals surface area contributed by atoms with Crippen LogP contribution in [-0.4, -0.2) is 48.6 Å². The number of nitrogens with one attached hydrogen (secondary N) is 1. The Morgan fingerprint density at radius 2 is 2.00 bits per heavy atom. The minimum Gasteiger partial charge on any atom is -0.313 e. The van der Waals surface area contributed by atoms with Crippen molar-refractivity contribution in [3.63, 3.8) is 0 Å². The second kappa shape index (κ2) is 5.94. The van der Waals surface area contributed by atoms with Crippen LogP contribution >= 0.6 is 11.8 Å². The molecule has 2 rings (SSSR count). The molecular formula is C14H28N2S. The van der Waals surface area contributed by atoms with Gasteiger partial charge in [-0.1, -0.05) is 6.42 Å². The second-order valence-corrected chi connectivity index (χ2v) is 7.33. The van der Waals surface area contributed by atoms with Crippen molar-refractivity contribution in [3.05, 3.63) is 0 Å². The highest BCUT2D eigenvalue weighted by Crippen LogP contribution is 2.42. The smallest absolute Gasteiger partial charge is 0.0281 e. The lowest BCUT2D eigenvalue weighted by Gasteiger charge is -2.42. The molecule has 1 saturated carbocycles. The van der Waals surface area contributed by atoms with E-state index in [1.165, 1.54) is 51.7 Å². The number of likely N-dealkylation sites (tertiary alicyclic amines) is 1. The quantitative estimate of drug-likeness (QED) is 0.814. The lowest BCUT2D eigenvalue weighted by Crippen LogP contribution is -2.49. The summed E-state index contributed by atoms with van der Waals surface area (Å²) in [6, 6.07) is 0.702. The third-order valence-electron chi connectivity index (χ3n) is 4.91. The summed E-state index contributed by atoms with van der Waals surface area (Å²) in [6.07, 6.45) is 9.29. The van der Waals surface area contributed by atoms with Crippen LogP contribution in [0.15, 0.2) is 0 Å². The number of hydrogen-bond donors (Lipinski definition) is 1. The van der Waals surface area contributed by atoms with Gasteiger partial charge in [0.2, 0.25) is 0 Å².